The lowest BCUT2D eigenvalue weighted by atomic mass is 10.1. The summed E-state index contributed by atoms with van der Waals surface area (Å²) < 4.78 is 11.1. The van der Waals surface area contributed by atoms with Crippen LogP contribution in [0.25, 0.3) is 0 Å². The van der Waals surface area contributed by atoms with E-state index in [0.29, 0.717) is 24.4 Å². The molecule has 6 heteroatoms. The molecule has 1 fully saturated rings. The summed E-state index contributed by atoms with van der Waals surface area (Å²) in [6, 6.07) is 14.7. The molecule has 2 amide bonds. The van der Waals surface area contributed by atoms with E-state index < -0.39 is 6.10 Å². The fourth-order valence-electron chi connectivity index (χ4n) is 3.20. The predicted octanol–water partition coefficient (Wildman–Crippen LogP) is 2.75. The third-order valence-electron chi connectivity index (χ3n) is 4.58. The van der Waals surface area contributed by atoms with Crippen molar-refractivity contribution in [1.29, 1.82) is 0 Å². The Morgan fingerprint density at radius 3 is 2.15 bits per heavy atom. The summed E-state index contributed by atoms with van der Waals surface area (Å²) in [7, 11) is 0. The number of hydrogen-bond donors (Lipinski definition) is 2. The van der Waals surface area contributed by atoms with Crippen LogP contribution in [0.3, 0.4) is 0 Å². The molecule has 2 aromatic rings. The van der Waals surface area contributed by atoms with Crippen LogP contribution in [0.1, 0.15) is 18.4 Å². The number of amides is 2. The lowest BCUT2D eigenvalue weighted by molar-refractivity contribution is -0.124. The molecule has 2 aliphatic heterocycles. The van der Waals surface area contributed by atoms with Crippen LogP contribution in [0.5, 0.6) is 5.75 Å². The second-order valence-electron chi connectivity index (χ2n) is 6.48. The maximum atomic E-state index is 12.4. The first-order valence-electron chi connectivity index (χ1n) is 8.77. The Balaban J connectivity index is 1.33. The van der Waals surface area contributed by atoms with Gasteiger partial charge in [-0.3, -0.25) is 9.59 Å². The van der Waals surface area contributed by atoms with Crippen LogP contribution in [0, 0.1) is 0 Å². The molecular formula is C20H20N2O4. The predicted molar refractivity (Wildman–Crippen MR) is 97.2 cm³/mol. The lowest BCUT2D eigenvalue weighted by Crippen LogP contribution is -2.31. The Morgan fingerprint density at radius 2 is 1.54 bits per heavy atom. The van der Waals surface area contributed by atoms with Crippen molar-refractivity contribution in [2.75, 3.05) is 17.2 Å². The summed E-state index contributed by atoms with van der Waals surface area (Å²) in [6.07, 6.45) is 1.35. The van der Waals surface area contributed by atoms with E-state index >= 15 is 0 Å². The van der Waals surface area contributed by atoms with E-state index in [1.165, 1.54) is 0 Å². The molecule has 2 aromatic carbocycles. The Morgan fingerprint density at radius 1 is 0.885 bits per heavy atom. The summed E-state index contributed by atoms with van der Waals surface area (Å²) in [4.78, 5) is 24.4. The van der Waals surface area contributed by atoms with Gasteiger partial charge in [0, 0.05) is 24.4 Å². The molecule has 2 atom stereocenters. The number of hydrogen-bond acceptors (Lipinski definition) is 4. The fourth-order valence-corrected chi connectivity index (χ4v) is 3.20. The molecule has 2 aliphatic rings. The minimum atomic E-state index is -0.522. The zero-order valence-electron chi connectivity index (χ0n) is 14.2. The second kappa shape index (κ2) is 7.17. The zero-order valence-corrected chi connectivity index (χ0v) is 14.2. The first kappa shape index (κ1) is 16.6. The molecule has 134 valence electrons. The van der Waals surface area contributed by atoms with E-state index in [4.69, 9.17) is 9.47 Å². The molecular weight excluding hydrogens is 332 g/mol. The molecule has 26 heavy (non-hydrogen) atoms. The third-order valence-corrected chi connectivity index (χ3v) is 4.58. The van der Waals surface area contributed by atoms with Gasteiger partial charge in [0.25, 0.3) is 11.8 Å². The highest BCUT2D eigenvalue weighted by Gasteiger charge is 2.28. The Bertz CT molecular complexity index is 788. The fraction of sp³-hybridized carbons (Fsp3) is 0.300. The van der Waals surface area contributed by atoms with Gasteiger partial charge in [0.2, 0.25) is 0 Å². The van der Waals surface area contributed by atoms with Crippen molar-refractivity contribution in [3.05, 3.63) is 54.1 Å². The number of carbonyl (C=O) groups is 2. The van der Waals surface area contributed by atoms with Gasteiger partial charge in [-0.25, -0.2) is 0 Å². The third kappa shape index (κ3) is 3.55. The molecule has 6 nitrogen and oxygen atoms in total. The smallest absolute Gasteiger partial charge is 0.265 e. The zero-order chi connectivity index (χ0) is 17.9. The molecule has 0 saturated carbocycles. The van der Waals surface area contributed by atoms with Crippen molar-refractivity contribution in [3.63, 3.8) is 0 Å². The maximum Gasteiger partial charge on any atom is 0.265 e. The van der Waals surface area contributed by atoms with E-state index in [1.807, 2.05) is 24.3 Å². The molecule has 4 rings (SSSR count). The lowest BCUT2D eigenvalue weighted by Gasteiger charge is -2.13. The molecule has 0 spiro atoms. The molecule has 2 heterocycles. The van der Waals surface area contributed by atoms with Crippen molar-refractivity contribution >= 4 is 23.2 Å². The number of ether oxygens (including phenoxy) is 2. The van der Waals surface area contributed by atoms with Crippen LogP contribution in [0.2, 0.25) is 0 Å². The monoisotopic (exact) mass is 352 g/mol. The molecule has 0 aromatic heterocycles. The maximum absolute atomic E-state index is 12.4. The molecule has 1 saturated heterocycles. The highest BCUT2D eigenvalue weighted by atomic mass is 16.5. The summed E-state index contributed by atoms with van der Waals surface area (Å²) >= 11 is 0. The topological polar surface area (TPSA) is 76.7 Å². The summed E-state index contributed by atoms with van der Waals surface area (Å²) in [5, 5.41) is 5.68. The van der Waals surface area contributed by atoms with Gasteiger partial charge in [-0.05, 0) is 48.7 Å². The Kier molecular flexibility index (Phi) is 4.58. The van der Waals surface area contributed by atoms with Gasteiger partial charge in [0.15, 0.2) is 6.10 Å². The number of anilines is 2. The Labute approximate surface area is 151 Å². The standard InChI is InChI=1S/C20H20N2O4/c23-19(17-6-3-11-25-17)21-14-7-9-15(10-8-14)22-20(24)18-12-13-4-1-2-5-16(13)26-18/h1-2,4-5,7-10,17-18H,3,6,11-12H2,(H,21,23)(H,22,24)/t17-,18+/m0/s1. The summed E-state index contributed by atoms with van der Waals surface area (Å²) in [5.74, 6) is 0.452. The van der Waals surface area contributed by atoms with Crippen LogP contribution in [0.15, 0.2) is 48.5 Å². The van der Waals surface area contributed by atoms with Crippen molar-refractivity contribution in [3.8, 4) is 5.75 Å². The van der Waals surface area contributed by atoms with Gasteiger partial charge < -0.3 is 20.1 Å². The molecule has 0 bridgehead atoms. The van der Waals surface area contributed by atoms with E-state index in [9.17, 15) is 9.59 Å². The van der Waals surface area contributed by atoms with Crippen LogP contribution in [-0.2, 0) is 20.7 Å². The van der Waals surface area contributed by atoms with Gasteiger partial charge in [-0.2, -0.15) is 0 Å². The van der Waals surface area contributed by atoms with Gasteiger partial charge in [0.05, 0.1) is 0 Å². The summed E-state index contributed by atoms with van der Waals surface area (Å²) in [6.45, 7) is 0.635. The highest BCUT2D eigenvalue weighted by molar-refractivity contribution is 5.96. The van der Waals surface area contributed by atoms with Crippen LogP contribution in [-0.4, -0.2) is 30.6 Å². The minimum Gasteiger partial charge on any atom is -0.480 e. The molecule has 0 aliphatic carbocycles. The number of nitrogens with one attached hydrogen (secondary N) is 2. The molecule has 2 N–H and O–H groups in total. The number of carbonyl (C=O) groups excluding carboxylic acids is 2. The van der Waals surface area contributed by atoms with E-state index in [1.54, 1.807) is 24.3 Å². The molecule has 0 unspecified atom stereocenters. The van der Waals surface area contributed by atoms with E-state index in [0.717, 1.165) is 24.2 Å². The quantitative estimate of drug-likeness (QED) is 0.887. The number of benzene rings is 2. The largest absolute Gasteiger partial charge is 0.480 e. The van der Waals surface area contributed by atoms with Crippen molar-refractivity contribution in [2.24, 2.45) is 0 Å². The van der Waals surface area contributed by atoms with Crippen molar-refractivity contribution in [1.82, 2.24) is 0 Å². The Hall–Kier alpha value is -2.86. The second-order valence-corrected chi connectivity index (χ2v) is 6.48. The van der Waals surface area contributed by atoms with Crippen LogP contribution >= 0.6 is 0 Å². The van der Waals surface area contributed by atoms with E-state index in [2.05, 4.69) is 10.6 Å². The summed E-state index contributed by atoms with van der Waals surface area (Å²) in [5.41, 5.74) is 2.37. The first-order chi connectivity index (χ1) is 12.7. The normalized spacial score (nSPS) is 20.9. The van der Waals surface area contributed by atoms with Gasteiger partial charge >= 0.3 is 0 Å². The van der Waals surface area contributed by atoms with Crippen molar-refractivity contribution in [2.45, 2.75) is 31.5 Å². The average Bonchev–Trinajstić information content (AvgIpc) is 3.33. The van der Waals surface area contributed by atoms with Crippen LogP contribution in [0.4, 0.5) is 11.4 Å². The average molecular weight is 352 g/mol. The molecule has 0 radical (unpaired) electrons. The van der Waals surface area contributed by atoms with Gasteiger partial charge in [-0.15, -0.1) is 0 Å². The highest BCUT2D eigenvalue weighted by Crippen LogP contribution is 2.28. The van der Waals surface area contributed by atoms with Gasteiger partial charge in [-0.1, -0.05) is 18.2 Å². The minimum absolute atomic E-state index is 0.128. The van der Waals surface area contributed by atoms with Gasteiger partial charge in [0.1, 0.15) is 11.9 Å². The number of fused-ring (bicyclic) bond motifs is 1. The number of rotatable bonds is 4. The SMILES string of the molecule is O=C(Nc1ccc(NC(=O)[C@H]2Cc3ccccc3O2)cc1)[C@@H]1CCCO1. The number of para-hydroxylation sites is 1. The van der Waals surface area contributed by atoms with E-state index in [-0.39, 0.29) is 17.9 Å². The first-order valence-corrected chi connectivity index (χ1v) is 8.77. The van der Waals surface area contributed by atoms with Crippen molar-refractivity contribution < 1.29 is 19.1 Å². The van der Waals surface area contributed by atoms with Crippen LogP contribution < -0.4 is 15.4 Å².